The van der Waals surface area contributed by atoms with Gasteiger partial charge in [-0.05, 0) is 64.8 Å². The van der Waals surface area contributed by atoms with Gasteiger partial charge >= 0.3 is 0 Å². The molecule has 2 aliphatic rings. The molecule has 1 unspecified atom stereocenters. The average Bonchev–Trinajstić information content (AvgIpc) is 2.53. The van der Waals surface area contributed by atoms with E-state index < -0.39 is 0 Å². The van der Waals surface area contributed by atoms with Crippen molar-refractivity contribution in [3.8, 4) is 0 Å². The highest BCUT2D eigenvalue weighted by Crippen LogP contribution is 2.20. The lowest BCUT2D eigenvalue weighted by molar-refractivity contribution is 0.0827. The molecule has 0 amide bonds. The zero-order valence-corrected chi connectivity index (χ0v) is 13.2. The van der Waals surface area contributed by atoms with Crippen molar-refractivity contribution in [1.82, 2.24) is 15.1 Å². The van der Waals surface area contributed by atoms with Gasteiger partial charge in [-0.25, -0.2) is 0 Å². The third kappa shape index (κ3) is 4.99. The van der Waals surface area contributed by atoms with Gasteiger partial charge in [-0.3, -0.25) is 0 Å². The van der Waals surface area contributed by atoms with Crippen LogP contribution in [0.25, 0.3) is 0 Å². The highest BCUT2D eigenvalue weighted by atomic mass is 16.3. The quantitative estimate of drug-likeness (QED) is 0.739. The minimum absolute atomic E-state index is 0.251. The Bertz CT molecular complexity index is 248. The zero-order chi connectivity index (χ0) is 14.2. The van der Waals surface area contributed by atoms with Gasteiger partial charge in [0.2, 0.25) is 0 Å². The molecule has 0 spiro atoms. The van der Waals surface area contributed by atoms with Gasteiger partial charge in [0.25, 0.3) is 0 Å². The number of aliphatic hydroxyl groups is 1. The van der Waals surface area contributed by atoms with E-state index in [1.165, 1.54) is 58.3 Å². The molecule has 0 aromatic heterocycles. The summed E-state index contributed by atoms with van der Waals surface area (Å²) in [5.74, 6) is 0. The number of rotatable bonds is 7. The molecule has 4 nitrogen and oxygen atoms in total. The van der Waals surface area contributed by atoms with Crippen molar-refractivity contribution in [2.24, 2.45) is 0 Å². The molecule has 4 heteroatoms. The predicted molar refractivity (Wildman–Crippen MR) is 84.1 cm³/mol. The smallest absolute Gasteiger partial charge is 0.0597 e. The predicted octanol–water partition coefficient (Wildman–Crippen LogP) is 1.30. The van der Waals surface area contributed by atoms with Crippen LogP contribution in [0.5, 0.6) is 0 Å². The van der Waals surface area contributed by atoms with Gasteiger partial charge in [0.1, 0.15) is 0 Å². The molecule has 2 fully saturated rings. The second kappa shape index (κ2) is 8.98. The summed E-state index contributed by atoms with van der Waals surface area (Å²) in [6, 6.07) is 1.07. The number of aliphatic hydroxyl groups excluding tert-OH is 1. The van der Waals surface area contributed by atoms with Gasteiger partial charge in [0.15, 0.2) is 0 Å². The Morgan fingerprint density at radius 2 is 1.80 bits per heavy atom. The normalized spacial score (nSPS) is 24.9. The first-order valence-electron chi connectivity index (χ1n) is 8.64. The molecule has 0 radical (unpaired) electrons. The lowest BCUT2D eigenvalue weighted by Crippen LogP contribution is -2.50. The van der Waals surface area contributed by atoms with Gasteiger partial charge < -0.3 is 20.2 Å². The van der Waals surface area contributed by atoms with Crippen LogP contribution in [0.2, 0.25) is 0 Å². The highest BCUT2D eigenvalue weighted by Gasteiger charge is 2.26. The van der Waals surface area contributed by atoms with Crippen LogP contribution in [0.1, 0.15) is 45.4 Å². The molecule has 0 bridgehead atoms. The van der Waals surface area contributed by atoms with Crippen molar-refractivity contribution in [1.29, 1.82) is 0 Å². The van der Waals surface area contributed by atoms with E-state index in [4.69, 9.17) is 0 Å². The van der Waals surface area contributed by atoms with Crippen LogP contribution in [0.15, 0.2) is 0 Å². The van der Waals surface area contributed by atoms with Crippen molar-refractivity contribution in [3.05, 3.63) is 0 Å². The molecule has 2 heterocycles. The van der Waals surface area contributed by atoms with Crippen LogP contribution in [-0.2, 0) is 0 Å². The molecule has 0 saturated carbocycles. The van der Waals surface area contributed by atoms with E-state index in [1.54, 1.807) is 0 Å². The van der Waals surface area contributed by atoms with Crippen LogP contribution in [0.4, 0.5) is 0 Å². The van der Waals surface area contributed by atoms with Gasteiger partial charge in [0, 0.05) is 18.6 Å². The van der Waals surface area contributed by atoms with E-state index >= 15 is 0 Å². The molecular formula is C16H33N3O. The summed E-state index contributed by atoms with van der Waals surface area (Å²) in [6.45, 7) is 9.48. The topological polar surface area (TPSA) is 38.7 Å². The van der Waals surface area contributed by atoms with Crippen molar-refractivity contribution in [3.63, 3.8) is 0 Å². The fourth-order valence-electron chi connectivity index (χ4n) is 3.60. The minimum Gasteiger partial charge on any atom is -0.395 e. The first-order chi connectivity index (χ1) is 9.83. The lowest BCUT2D eigenvalue weighted by Gasteiger charge is -2.41. The number of nitrogens with zero attached hydrogens (tertiary/aromatic N) is 2. The lowest BCUT2D eigenvalue weighted by atomic mass is 9.99. The zero-order valence-electron chi connectivity index (χ0n) is 13.2. The fourth-order valence-corrected chi connectivity index (χ4v) is 3.60. The fraction of sp³-hybridized carbons (Fsp3) is 1.00. The first kappa shape index (κ1) is 16.2. The van der Waals surface area contributed by atoms with Gasteiger partial charge in [-0.1, -0.05) is 13.3 Å². The summed E-state index contributed by atoms with van der Waals surface area (Å²) < 4.78 is 0. The van der Waals surface area contributed by atoms with Crippen molar-refractivity contribution < 1.29 is 5.11 Å². The summed E-state index contributed by atoms with van der Waals surface area (Å²) in [7, 11) is 0. The van der Waals surface area contributed by atoms with Gasteiger partial charge in [-0.2, -0.15) is 0 Å². The Balaban J connectivity index is 1.67. The van der Waals surface area contributed by atoms with E-state index in [0.29, 0.717) is 0 Å². The SMILES string of the molecule is CCCNC(CO)CN1CCC(N2CCCCC2)CC1. The van der Waals surface area contributed by atoms with Crippen LogP contribution in [0, 0.1) is 0 Å². The van der Waals surface area contributed by atoms with E-state index in [-0.39, 0.29) is 12.6 Å². The summed E-state index contributed by atoms with van der Waals surface area (Å²) in [5, 5.41) is 12.9. The van der Waals surface area contributed by atoms with Crippen molar-refractivity contribution in [2.75, 3.05) is 45.9 Å². The molecule has 0 aliphatic carbocycles. The summed E-state index contributed by atoms with van der Waals surface area (Å²) in [4.78, 5) is 5.25. The summed E-state index contributed by atoms with van der Waals surface area (Å²) >= 11 is 0. The maximum atomic E-state index is 9.44. The van der Waals surface area contributed by atoms with Crippen LogP contribution < -0.4 is 5.32 Å². The Kier molecular flexibility index (Phi) is 7.28. The molecule has 20 heavy (non-hydrogen) atoms. The molecule has 0 aromatic rings. The average molecular weight is 283 g/mol. The van der Waals surface area contributed by atoms with E-state index in [0.717, 1.165) is 25.6 Å². The second-order valence-electron chi connectivity index (χ2n) is 6.46. The summed E-state index contributed by atoms with van der Waals surface area (Å²) in [5.41, 5.74) is 0. The van der Waals surface area contributed by atoms with Gasteiger partial charge in [-0.15, -0.1) is 0 Å². The Morgan fingerprint density at radius 3 is 2.40 bits per heavy atom. The third-order valence-electron chi connectivity index (χ3n) is 4.85. The Labute approximate surface area is 124 Å². The molecule has 0 aromatic carbocycles. The Hall–Kier alpha value is -0.160. The maximum absolute atomic E-state index is 9.44. The molecule has 118 valence electrons. The number of likely N-dealkylation sites (tertiary alicyclic amines) is 2. The van der Waals surface area contributed by atoms with Crippen molar-refractivity contribution >= 4 is 0 Å². The molecule has 1 atom stereocenters. The van der Waals surface area contributed by atoms with Crippen LogP contribution >= 0.6 is 0 Å². The number of piperidine rings is 2. The van der Waals surface area contributed by atoms with Crippen molar-refractivity contribution in [2.45, 2.75) is 57.5 Å². The first-order valence-corrected chi connectivity index (χ1v) is 8.64. The number of hydrogen-bond donors (Lipinski definition) is 2. The Morgan fingerprint density at radius 1 is 1.10 bits per heavy atom. The third-order valence-corrected chi connectivity index (χ3v) is 4.85. The standard InChI is InChI=1S/C16H33N3O/c1-2-8-17-15(14-20)13-18-11-6-16(7-12-18)19-9-4-3-5-10-19/h15-17,20H,2-14H2,1H3. The van der Waals surface area contributed by atoms with Gasteiger partial charge in [0.05, 0.1) is 6.61 Å². The van der Waals surface area contributed by atoms with E-state index in [9.17, 15) is 5.11 Å². The molecule has 2 aliphatic heterocycles. The molecule has 2 saturated heterocycles. The highest BCUT2D eigenvalue weighted by molar-refractivity contribution is 4.83. The summed E-state index contributed by atoms with van der Waals surface area (Å²) in [6.07, 6.45) is 7.98. The van der Waals surface area contributed by atoms with E-state index in [1.807, 2.05) is 0 Å². The maximum Gasteiger partial charge on any atom is 0.0597 e. The largest absolute Gasteiger partial charge is 0.395 e. The van der Waals surface area contributed by atoms with Crippen LogP contribution in [-0.4, -0.2) is 72.9 Å². The minimum atomic E-state index is 0.251. The van der Waals surface area contributed by atoms with E-state index in [2.05, 4.69) is 22.0 Å². The number of nitrogens with one attached hydrogen (secondary N) is 1. The second-order valence-corrected chi connectivity index (χ2v) is 6.46. The molecular weight excluding hydrogens is 250 g/mol. The molecule has 2 rings (SSSR count). The molecule has 2 N–H and O–H groups in total. The number of hydrogen-bond acceptors (Lipinski definition) is 4. The monoisotopic (exact) mass is 283 g/mol. The van der Waals surface area contributed by atoms with Crippen LogP contribution in [0.3, 0.4) is 0 Å².